The smallest absolute Gasteiger partial charge is 0.223 e. The van der Waals surface area contributed by atoms with Gasteiger partial charge in [-0.1, -0.05) is 5.16 Å². The van der Waals surface area contributed by atoms with Crippen molar-refractivity contribution >= 4 is 5.78 Å². The number of aromatic nitrogens is 2. The first-order valence-electron chi connectivity index (χ1n) is 5.29. The number of ether oxygens (including phenoxy) is 1. The lowest BCUT2D eigenvalue weighted by molar-refractivity contribution is 0.101. The van der Waals surface area contributed by atoms with Crippen LogP contribution in [0.5, 0.6) is 5.75 Å². The second kappa shape index (κ2) is 4.95. The van der Waals surface area contributed by atoms with Crippen LogP contribution in [-0.4, -0.2) is 15.9 Å². The summed E-state index contributed by atoms with van der Waals surface area (Å²) in [4.78, 5) is 15.0. The van der Waals surface area contributed by atoms with Crippen molar-refractivity contribution in [2.24, 2.45) is 0 Å². The Morgan fingerprint density at radius 2 is 2.28 bits per heavy atom. The van der Waals surface area contributed by atoms with Gasteiger partial charge in [-0.05, 0) is 25.1 Å². The van der Waals surface area contributed by atoms with E-state index in [4.69, 9.17) is 9.26 Å². The summed E-state index contributed by atoms with van der Waals surface area (Å²) < 4.78 is 23.5. The molecule has 0 atom stereocenters. The minimum Gasteiger partial charge on any atom is -0.482 e. The normalized spacial score (nSPS) is 10.4. The van der Waals surface area contributed by atoms with Gasteiger partial charge in [0.1, 0.15) is 0 Å². The SMILES string of the molecule is CC(=O)c1ccc(OCc2noc(C)n2)c(F)c1. The van der Waals surface area contributed by atoms with Crippen molar-refractivity contribution in [2.45, 2.75) is 20.5 Å². The number of carbonyl (C=O) groups excluding carboxylic acids is 1. The predicted octanol–water partition coefficient (Wildman–Crippen LogP) is 2.30. The van der Waals surface area contributed by atoms with E-state index in [1.807, 2.05) is 0 Å². The largest absolute Gasteiger partial charge is 0.482 e. The molecule has 2 aromatic rings. The Morgan fingerprint density at radius 1 is 1.50 bits per heavy atom. The molecule has 1 aromatic carbocycles. The Balaban J connectivity index is 2.08. The van der Waals surface area contributed by atoms with Crippen molar-refractivity contribution in [1.29, 1.82) is 0 Å². The molecular weight excluding hydrogens is 239 g/mol. The van der Waals surface area contributed by atoms with E-state index in [0.29, 0.717) is 17.3 Å². The van der Waals surface area contributed by atoms with Crippen LogP contribution >= 0.6 is 0 Å². The molecule has 0 unspecified atom stereocenters. The second-order valence-electron chi connectivity index (χ2n) is 3.72. The van der Waals surface area contributed by atoms with Gasteiger partial charge in [0.25, 0.3) is 0 Å². The van der Waals surface area contributed by atoms with Crippen LogP contribution in [0.1, 0.15) is 29.0 Å². The van der Waals surface area contributed by atoms with Crippen LogP contribution in [-0.2, 0) is 6.61 Å². The molecule has 94 valence electrons. The van der Waals surface area contributed by atoms with E-state index >= 15 is 0 Å². The highest BCUT2D eigenvalue weighted by Gasteiger charge is 2.09. The summed E-state index contributed by atoms with van der Waals surface area (Å²) in [5.41, 5.74) is 0.301. The third-order valence-electron chi connectivity index (χ3n) is 2.26. The highest BCUT2D eigenvalue weighted by atomic mass is 19.1. The third kappa shape index (κ3) is 2.71. The van der Waals surface area contributed by atoms with Crippen LogP contribution in [0.15, 0.2) is 22.7 Å². The summed E-state index contributed by atoms with van der Waals surface area (Å²) in [5.74, 6) is 0.00292. The van der Waals surface area contributed by atoms with E-state index in [1.165, 1.54) is 19.1 Å². The van der Waals surface area contributed by atoms with Gasteiger partial charge in [-0.15, -0.1) is 0 Å². The monoisotopic (exact) mass is 250 g/mol. The van der Waals surface area contributed by atoms with Gasteiger partial charge in [0.05, 0.1) is 0 Å². The fourth-order valence-electron chi connectivity index (χ4n) is 1.38. The van der Waals surface area contributed by atoms with Gasteiger partial charge in [-0.25, -0.2) is 4.39 Å². The number of rotatable bonds is 4. The van der Waals surface area contributed by atoms with E-state index in [-0.39, 0.29) is 18.1 Å². The van der Waals surface area contributed by atoms with Crippen molar-refractivity contribution in [3.05, 3.63) is 41.3 Å². The molecule has 0 bridgehead atoms. The topological polar surface area (TPSA) is 65.2 Å². The predicted molar refractivity (Wildman–Crippen MR) is 59.8 cm³/mol. The Hall–Kier alpha value is -2.24. The van der Waals surface area contributed by atoms with E-state index in [1.54, 1.807) is 6.92 Å². The van der Waals surface area contributed by atoms with Gasteiger partial charge in [0.2, 0.25) is 11.7 Å². The van der Waals surface area contributed by atoms with E-state index < -0.39 is 5.82 Å². The molecule has 1 aromatic heterocycles. The first-order chi connectivity index (χ1) is 8.56. The number of nitrogens with zero attached hydrogens (tertiary/aromatic N) is 2. The van der Waals surface area contributed by atoms with Crippen molar-refractivity contribution in [3.8, 4) is 5.75 Å². The van der Waals surface area contributed by atoms with Crippen LogP contribution < -0.4 is 4.74 Å². The molecule has 0 spiro atoms. The quantitative estimate of drug-likeness (QED) is 0.779. The zero-order chi connectivity index (χ0) is 13.1. The average Bonchev–Trinajstić information content (AvgIpc) is 2.73. The highest BCUT2D eigenvalue weighted by molar-refractivity contribution is 5.94. The molecule has 0 saturated carbocycles. The number of ketones is 1. The molecule has 2 rings (SSSR count). The minimum atomic E-state index is -0.595. The molecule has 6 heteroatoms. The molecule has 0 amide bonds. The molecule has 0 radical (unpaired) electrons. The Bertz CT molecular complexity index is 580. The van der Waals surface area contributed by atoms with E-state index in [9.17, 15) is 9.18 Å². The Labute approximate surface area is 103 Å². The molecule has 0 aliphatic carbocycles. The molecule has 0 aliphatic heterocycles. The Morgan fingerprint density at radius 3 is 2.83 bits per heavy atom. The molecular formula is C12H11FN2O3. The molecule has 1 heterocycles. The number of halogens is 1. The zero-order valence-electron chi connectivity index (χ0n) is 9.94. The van der Waals surface area contributed by atoms with Gasteiger partial charge in [-0.3, -0.25) is 4.79 Å². The number of hydrogen-bond donors (Lipinski definition) is 0. The van der Waals surface area contributed by atoms with Crippen molar-refractivity contribution < 1.29 is 18.4 Å². The summed E-state index contributed by atoms with van der Waals surface area (Å²) in [6, 6.07) is 4.04. The summed E-state index contributed by atoms with van der Waals surface area (Å²) in [5, 5.41) is 3.62. The highest BCUT2D eigenvalue weighted by Crippen LogP contribution is 2.19. The zero-order valence-corrected chi connectivity index (χ0v) is 9.94. The summed E-state index contributed by atoms with van der Waals surface area (Å²) >= 11 is 0. The van der Waals surface area contributed by atoms with E-state index in [0.717, 1.165) is 6.07 Å². The van der Waals surface area contributed by atoms with Crippen LogP contribution in [0.3, 0.4) is 0 Å². The van der Waals surface area contributed by atoms with Crippen LogP contribution in [0.25, 0.3) is 0 Å². The maximum absolute atomic E-state index is 13.6. The number of benzene rings is 1. The summed E-state index contributed by atoms with van der Waals surface area (Å²) in [7, 11) is 0. The van der Waals surface area contributed by atoms with Gasteiger partial charge in [0, 0.05) is 12.5 Å². The lowest BCUT2D eigenvalue weighted by atomic mass is 10.1. The van der Waals surface area contributed by atoms with Crippen LogP contribution in [0.4, 0.5) is 4.39 Å². The minimum absolute atomic E-state index is 0.00762. The maximum Gasteiger partial charge on any atom is 0.223 e. The van der Waals surface area contributed by atoms with E-state index in [2.05, 4.69) is 10.1 Å². The average molecular weight is 250 g/mol. The first-order valence-corrected chi connectivity index (χ1v) is 5.29. The molecule has 0 fully saturated rings. The van der Waals surface area contributed by atoms with Crippen molar-refractivity contribution in [1.82, 2.24) is 10.1 Å². The summed E-state index contributed by atoms with van der Waals surface area (Å²) in [6.45, 7) is 3.03. The van der Waals surface area contributed by atoms with Crippen molar-refractivity contribution in [3.63, 3.8) is 0 Å². The van der Waals surface area contributed by atoms with Gasteiger partial charge >= 0.3 is 0 Å². The van der Waals surface area contributed by atoms with Crippen LogP contribution in [0.2, 0.25) is 0 Å². The van der Waals surface area contributed by atoms with Gasteiger partial charge in [-0.2, -0.15) is 4.98 Å². The van der Waals surface area contributed by atoms with Gasteiger partial charge in [0.15, 0.2) is 24.0 Å². The number of hydrogen-bond acceptors (Lipinski definition) is 5. The number of aryl methyl sites for hydroxylation is 1. The second-order valence-corrected chi connectivity index (χ2v) is 3.72. The fourth-order valence-corrected chi connectivity index (χ4v) is 1.38. The lowest BCUT2D eigenvalue weighted by Gasteiger charge is -2.05. The molecule has 5 nitrogen and oxygen atoms in total. The molecule has 18 heavy (non-hydrogen) atoms. The maximum atomic E-state index is 13.6. The standard InChI is InChI=1S/C12H11FN2O3/c1-7(16)9-3-4-11(10(13)5-9)17-6-12-14-8(2)18-15-12/h3-5H,6H2,1-2H3. The fraction of sp³-hybridized carbons (Fsp3) is 0.250. The lowest BCUT2D eigenvalue weighted by Crippen LogP contribution is -2.01. The molecule has 0 saturated heterocycles. The van der Waals surface area contributed by atoms with Crippen LogP contribution in [0, 0.1) is 12.7 Å². The Kier molecular flexibility index (Phi) is 3.36. The number of Topliss-reactive ketones (excluding diaryl/α,β-unsaturated/α-hetero) is 1. The van der Waals surface area contributed by atoms with Gasteiger partial charge < -0.3 is 9.26 Å². The number of carbonyl (C=O) groups is 1. The first kappa shape index (κ1) is 12.2. The van der Waals surface area contributed by atoms with Crippen molar-refractivity contribution in [2.75, 3.05) is 0 Å². The summed E-state index contributed by atoms with van der Waals surface area (Å²) in [6.07, 6.45) is 0. The molecule has 0 N–H and O–H groups in total. The molecule has 0 aliphatic rings. The third-order valence-corrected chi connectivity index (χ3v) is 2.26.